The fourth-order valence-corrected chi connectivity index (χ4v) is 0.449. The van der Waals surface area contributed by atoms with Crippen LogP contribution in [-0.2, 0) is 4.79 Å². The molecule has 0 amide bonds. The smallest absolute Gasteiger partial charge is 0.196 e. The molecule has 0 heterocycles. The van der Waals surface area contributed by atoms with Gasteiger partial charge in [-0.05, 0) is 12.2 Å². The molecule has 0 N–H and O–H groups in total. The molecule has 0 aliphatic heterocycles. The predicted molar refractivity (Wildman–Crippen MR) is 39.3 cm³/mol. The van der Waals surface area contributed by atoms with Crippen LogP contribution in [0.25, 0.3) is 0 Å². The molecule has 0 saturated heterocycles. The largest absolute Gasteiger partial charge is 0.288 e. The minimum absolute atomic E-state index is 0.139. The van der Waals surface area contributed by atoms with Crippen LogP contribution in [0, 0.1) is 0 Å². The molecule has 0 atom stereocenters. The lowest BCUT2D eigenvalue weighted by atomic mass is 10.3. The van der Waals surface area contributed by atoms with E-state index in [0.717, 1.165) is 6.08 Å². The summed E-state index contributed by atoms with van der Waals surface area (Å²) < 4.78 is 0. The molecule has 0 fully saturated rings. The summed E-state index contributed by atoms with van der Waals surface area (Å²) in [5, 5.41) is 0.139. The molecule has 0 aliphatic carbocycles. The van der Waals surface area contributed by atoms with E-state index < -0.39 is 0 Å². The van der Waals surface area contributed by atoms with Crippen LogP contribution in [0.15, 0.2) is 36.4 Å². The molecule has 0 aromatic rings. The van der Waals surface area contributed by atoms with Gasteiger partial charge >= 0.3 is 0 Å². The highest BCUT2D eigenvalue weighted by atomic mass is 35.5. The maximum atomic E-state index is 10.5. The summed E-state index contributed by atoms with van der Waals surface area (Å²) in [6.07, 6.45) is 4.03. The third kappa shape index (κ3) is 2.88. The first-order valence-corrected chi connectivity index (χ1v) is 2.75. The Balaban J connectivity index is 4.18. The fourth-order valence-electron chi connectivity index (χ4n) is 0.283. The lowest BCUT2D eigenvalue weighted by Crippen LogP contribution is -1.88. The van der Waals surface area contributed by atoms with Crippen molar-refractivity contribution in [2.75, 3.05) is 0 Å². The number of rotatable bonds is 3. The van der Waals surface area contributed by atoms with Gasteiger partial charge in [0, 0.05) is 0 Å². The number of carbonyl (C=O) groups excluding carboxylic acids is 1. The Morgan fingerprint density at radius 1 is 1.44 bits per heavy atom. The Morgan fingerprint density at radius 3 is 2.33 bits per heavy atom. The highest BCUT2D eigenvalue weighted by Gasteiger charge is 1.96. The van der Waals surface area contributed by atoms with E-state index in [4.69, 9.17) is 11.6 Å². The SMILES string of the molecule is C=C/C=C(/Cl)C(=O)C=C. The highest BCUT2D eigenvalue weighted by molar-refractivity contribution is 6.44. The van der Waals surface area contributed by atoms with Crippen molar-refractivity contribution >= 4 is 17.4 Å². The standard InChI is InChI=1S/C7H7ClO/c1-3-5-6(8)7(9)4-2/h3-5H,1-2H2/b6-5+. The van der Waals surface area contributed by atoms with Crippen molar-refractivity contribution in [2.45, 2.75) is 0 Å². The van der Waals surface area contributed by atoms with Crippen LogP contribution < -0.4 is 0 Å². The van der Waals surface area contributed by atoms with Gasteiger partial charge in [-0.15, -0.1) is 0 Å². The second-order valence-electron chi connectivity index (χ2n) is 1.32. The summed E-state index contributed by atoms with van der Waals surface area (Å²) in [4.78, 5) is 10.5. The van der Waals surface area contributed by atoms with Gasteiger partial charge in [0.15, 0.2) is 5.78 Å². The summed E-state index contributed by atoms with van der Waals surface area (Å²) in [6, 6.07) is 0. The molecule has 0 aromatic heterocycles. The topological polar surface area (TPSA) is 17.1 Å². The van der Waals surface area contributed by atoms with Crippen LogP contribution in [0.4, 0.5) is 0 Å². The van der Waals surface area contributed by atoms with Gasteiger partial charge in [0.1, 0.15) is 0 Å². The molecule has 1 nitrogen and oxygen atoms in total. The molecule has 0 radical (unpaired) electrons. The van der Waals surface area contributed by atoms with E-state index in [1.165, 1.54) is 12.2 Å². The van der Waals surface area contributed by atoms with Crippen molar-refractivity contribution in [1.82, 2.24) is 0 Å². The molecule has 0 spiro atoms. The van der Waals surface area contributed by atoms with E-state index in [9.17, 15) is 4.79 Å². The number of hydrogen-bond acceptors (Lipinski definition) is 1. The van der Waals surface area contributed by atoms with Gasteiger partial charge in [0.05, 0.1) is 5.03 Å². The lowest BCUT2D eigenvalue weighted by molar-refractivity contribution is -0.110. The average Bonchev–Trinajstić information content (AvgIpc) is 1.87. The lowest BCUT2D eigenvalue weighted by Gasteiger charge is -1.85. The Kier molecular flexibility index (Phi) is 3.72. The molecule has 48 valence electrons. The molecule has 0 saturated carbocycles. The van der Waals surface area contributed by atoms with Crippen molar-refractivity contribution in [3.05, 3.63) is 36.4 Å². The number of allylic oxidation sites excluding steroid dienone is 4. The zero-order chi connectivity index (χ0) is 7.28. The highest BCUT2D eigenvalue weighted by Crippen LogP contribution is 2.02. The van der Waals surface area contributed by atoms with E-state index in [2.05, 4.69) is 13.2 Å². The molecular formula is C7H7ClO. The van der Waals surface area contributed by atoms with Crippen molar-refractivity contribution in [2.24, 2.45) is 0 Å². The number of ketones is 1. The van der Waals surface area contributed by atoms with Gasteiger partial charge in [-0.25, -0.2) is 0 Å². The van der Waals surface area contributed by atoms with E-state index in [-0.39, 0.29) is 10.8 Å². The minimum Gasteiger partial charge on any atom is -0.288 e. The van der Waals surface area contributed by atoms with Crippen molar-refractivity contribution < 1.29 is 4.79 Å². The Hall–Kier alpha value is -0.820. The van der Waals surface area contributed by atoms with Crippen LogP contribution in [0.2, 0.25) is 0 Å². The minimum atomic E-state index is -0.281. The maximum Gasteiger partial charge on any atom is 0.196 e. The van der Waals surface area contributed by atoms with Gasteiger partial charge in [-0.3, -0.25) is 4.79 Å². The van der Waals surface area contributed by atoms with Gasteiger partial charge < -0.3 is 0 Å². The number of carbonyl (C=O) groups is 1. The molecule has 2 heteroatoms. The second-order valence-corrected chi connectivity index (χ2v) is 1.73. The molecule has 0 aliphatic rings. The normalized spacial score (nSPS) is 10.6. The van der Waals surface area contributed by atoms with Crippen molar-refractivity contribution in [3.8, 4) is 0 Å². The summed E-state index contributed by atoms with van der Waals surface area (Å²) in [6.45, 7) is 6.62. The average molecular weight is 143 g/mol. The van der Waals surface area contributed by atoms with Gasteiger partial charge in [-0.2, -0.15) is 0 Å². The van der Waals surface area contributed by atoms with Crippen LogP contribution in [0.3, 0.4) is 0 Å². The third-order valence-corrected chi connectivity index (χ3v) is 0.997. The van der Waals surface area contributed by atoms with Crippen LogP contribution in [-0.4, -0.2) is 5.78 Å². The van der Waals surface area contributed by atoms with Gasteiger partial charge in [0.2, 0.25) is 0 Å². The first-order valence-electron chi connectivity index (χ1n) is 2.37. The Labute approximate surface area is 59.3 Å². The fraction of sp³-hybridized carbons (Fsp3) is 0. The summed E-state index contributed by atoms with van der Waals surface area (Å²) in [5.41, 5.74) is 0. The molecular weight excluding hydrogens is 136 g/mol. The van der Waals surface area contributed by atoms with E-state index >= 15 is 0 Å². The van der Waals surface area contributed by atoms with Gasteiger partial charge in [-0.1, -0.05) is 30.8 Å². The second kappa shape index (κ2) is 4.10. The summed E-state index contributed by atoms with van der Waals surface area (Å²) in [5.74, 6) is -0.281. The van der Waals surface area contributed by atoms with Crippen molar-refractivity contribution in [3.63, 3.8) is 0 Å². The quantitative estimate of drug-likeness (QED) is 0.436. The molecule has 0 unspecified atom stereocenters. The molecule has 9 heavy (non-hydrogen) atoms. The third-order valence-electron chi connectivity index (χ3n) is 0.685. The monoisotopic (exact) mass is 142 g/mol. The zero-order valence-electron chi connectivity index (χ0n) is 4.93. The van der Waals surface area contributed by atoms with E-state index in [1.807, 2.05) is 0 Å². The summed E-state index contributed by atoms with van der Waals surface area (Å²) >= 11 is 5.40. The van der Waals surface area contributed by atoms with E-state index in [1.54, 1.807) is 0 Å². The zero-order valence-corrected chi connectivity index (χ0v) is 5.69. The van der Waals surface area contributed by atoms with Crippen LogP contribution >= 0.6 is 11.6 Å². The summed E-state index contributed by atoms with van der Waals surface area (Å²) in [7, 11) is 0. The van der Waals surface area contributed by atoms with E-state index in [0.29, 0.717) is 0 Å². The molecule has 0 aromatic carbocycles. The van der Waals surface area contributed by atoms with Gasteiger partial charge in [0.25, 0.3) is 0 Å². The molecule has 0 bridgehead atoms. The van der Waals surface area contributed by atoms with Crippen LogP contribution in [0.5, 0.6) is 0 Å². The Morgan fingerprint density at radius 2 is 2.00 bits per heavy atom. The van der Waals surface area contributed by atoms with Crippen molar-refractivity contribution in [1.29, 1.82) is 0 Å². The number of hydrogen-bond donors (Lipinski definition) is 0. The predicted octanol–water partition coefficient (Wildman–Crippen LogP) is 2.05. The molecule has 0 rings (SSSR count). The number of halogens is 1. The maximum absolute atomic E-state index is 10.5. The van der Waals surface area contributed by atoms with Crippen LogP contribution in [0.1, 0.15) is 0 Å². The Bertz CT molecular complexity index is 168. The first-order chi connectivity index (χ1) is 4.22. The first kappa shape index (κ1) is 8.18.